The van der Waals surface area contributed by atoms with Crippen LogP contribution in [0.4, 0.5) is 24.5 Å². The van der Waals surface area contributed by atoms with Gasteiger partial charge in [-0.25, -0.2) is 13.2 Å². The number of benzene rings is 1. The first kappa shape index (κ1) is 24.6. The zero-order chi connectivity index (χ0) is 23.3. The van der Waals surface area contributed by atoms with Gasteiger partial charge in [0.2, 0.25) is 5.91 Å². The molecule has 1 aromatic rings. The highest BCUT2D eigenvalue weighted by Crippen LogP contribution is 2.24. The summed E-state index contributed by atoms with van der Waals surface area (Å²) in [6.07, 6.45) is -2.81. The average molecular weight is 444 g/mol. The van der Waals surface area contributed by atoms with Gasteiger partial charge in [0, 0.05) is 18.8 Å². The molecule has 1 saturated heterocycles. The predicted molar refractivity (Wildman–Crippen MR) is 108 cm³/mol. The summed E-state index contributed by atoms with van der Waals surface area (Å²) >= 11 is 0. The number of anilines is 2. The summed E-state index contributed by atoms with van der Waals surface area (Å²) in [6.45, 7) is 4.85. The molecule has 1 aromatic carbocycles. The number of rotatable bonds is 8. The first-order chi connectivity index (χ1) is 14.4. The van der Waals surface area contributed by atoms with Crippen LogP contribution in [-0.4, -0.2) is 67.9 Å². The minimum atomic E-state index is -2.81. The van der Waals surface area contributed by atoms with E-state index in [1.807, 2.05) is 0 Å². The lowest BCUT2D eigenvalue weighted by Crippen LogP contribution is -2.55. The van der Waals surface area contributed by atoms with Gasteiger partial charge in [0.25, 0.3) is 18.2 Å². The van der Waals surface area contributed by atoms with Crippen LogP contribution >= 0.6 is 0 Å². The van der Waals surface area contributed by atoms with Crippen molar-refractivity contribution in [2.45, 2.75) is 33.2 Å². The lowest BCUT2D eigenvalue weighted by atomic mass is 9.95. The van der Waals surface area contributed by atoms with E-state index in [4.69, 9.17) is 10.5 Å². The number of nitrogens with zero attached hydrogens (tertiary/aromatic N) is 2. The number of amides is 3. The standard InChI is InChI=1S/C20H27F3N4O4/c1-20(2,3)11-26(9-15(22)23)17(18(24)29)19(30)25-14-5-4-12(8-13(14)21)27-6-7-31-10-16(27)28/h4-5,8,15,17H,6-7,9-11H2,1-3H3,(H2,24,29)(H,25,30)/t17-/m1/s1. The average Bonchev–Trinajstić information content (AvgIpc) is 2.61. The normalized spacial score (nSPS) is 16.0. The van der Waals surface area contributed by atoms with Crippen LogP contribution in [0.3, 0.4) is 0 Å². The lowest BCUT2D eigenvalue weighted by molar-refractivity contribution is -0.134. The van der Waals surface area contributed by atoms with Crippen molar-refractivity contribution in [2.75, 3.05) is 43.1 Å². The molecule has 1 atom stereocenters. The third-order valence-electron chi connectivity index (χ3n) is 4.44. The highest BCUT2D eigenvalue weighted by molar-refractivity contribution is 6.09. The second-order valence-electron chi connectivity index (χ2n) is 8.44. The first-order valence-electron chi connectivity index (χ1n) is 9.69. The predicted octanol–water partition coefficient (Wildman–Crippen LogP) is 1.59. The van der Waals surface area contributed by atoms with E-state index < -0.39 is 42.1 Å². The molecule has 8 nitrogen and oxygen atoms in total. The van der Waals surface area contributed by atoms with E-state index in [1.54, 1.807) is 20.8 Å². The number of nitrogens with one attached hydrogen (secondary N) is 1. The molecule has 0 spiro atoms. The van der Waals surface area contributed by atoms with Crippen molar-refractivity contribution in [1.29, 1.82) is 0 Å². The van der Waals surface area contributed by atoms with E-state index in [2.05, 4.69) is 5.32 Å². The van der Waals surface area contributed by atoms with Gasteiger partial charge < -0.3 is 20.7 Å². The van der Waals surface area contributed by atoms with Crippen molar-refractivity contribution in [2.24, 2.45) is 11.1 Å². The summed E-state index contributed by atoms with van der Waals surface area (Å²) < 4.78 is 45.8. The topological polar surface area (TPSA) is 105 Å². The molecule has 0 bridgehead atoms. The summed E-state index contributed by atoms with van der Waals surface area (Å²) in [4.78, 5) is 38.9. The third-order valence-corrected chi connectivity index (χ3v) is 4.44. The van der Waals surface area contributed by atoms with E-state index in [1.165, 1.54) is 17.0 Å². The number of alkyl halides is 2. The Hall–Kier alpha value is -2.66. The van der Waals surface area contributed by atoms with Gasteiger partial charge in [-0.15, -0.1) is 0 Å². The van der Waals surface area contributed by atoms with Gasteiger partial charge in [-0.3, -0.25) is 19.3 Å². The SMILES string of the molecule is CC(C)(C)CN(CC(F)F)[C@H](C(N)=O)C(=O)Nc1ccc(N2CCOCC2=O)cc1F. The summed E-state index contributed by atoms with van der Waals surface area (Å²) in [5.74, 6) is -3.34. The number of carbonyl (C=O) groups is 3. The van der Waals surface area contributed by atoms with Crippen molar-refractivity contribution >= 4 is 29.1 Å². The van der Waals surface area contributed by atoms with E-state index in [9.17, 15) is 27.6 Å². The van der Waals surface area contributed by atoms with E-state index in [0.717, 1.165) is 11.0 Å². The van der Waals surface area contributed by atoms with Crippen LogP contribution in [0.25, 0.3) is 0 Å². The molecule has 1 aliphatic heterocycles. The van der Waals surface area contributed by atoms with Gasteiger partial charge in [-0.1, -0.05) is 20.8 Å². The largest absolute Gasteiger partial charge is 0.370 e. The quantitative estimate of drug-likeness (QED) is 0.593. The second-order valence-corrected chi connectivity index (χ2v) is 8.44. The minimum absolute atomic E-state index is 0.0150. The number of hydrogen-bond acceptors (Lipinski definition) is 5. The highest BCUT2D eigenvalue weighted by atomic mass is 19.3. The smallest absolute Gasteiger partial charge is 0.253 e. The number of hydrogen-bond donors (Lipinski definition) is 2. The number of carbonyl (C=O) groups excluding carboxylic acids is 3. The molecule has 0 radical (unpaired) electrons. The molecule has 0 aromatic heterocycles. The van der Waals surface area contributed by atoms with Gasteiger partial charge in [0.05, 0.1) is 18.8 Å². The molecule has 0 unspecified atom stereocenters. The van der Waals surface area contributed by atoms with Crippen LogP contribution in [0.2, 0.25) is 0 Å². The molecule has 0 saturated carbocycles. The maximum Gasteiger partial charge on any atom is 0.253 e. The van der Waals surface area contributed by atoms with Crippen LogP contribution in [0, 0.1) is 11.2 Å². The van der Waals surface area contributed by atoms with Crippen molar-refractivity contribution < 1.29 is 32.3 Å². The molecule has 172 valence electrons. The lowest BCUT2D eigenvalue weighted by Gasteiger charge is -2.33. The van der Waals surface area contributed by atoms with E-state index in [-0.39, 0.29) is 37.0 Å². The van der Waals surface area contributed by atoms with Gasteiger partial charge in [0.1, 0.15) is 12.4 Å². The Morgan fingerprint density at radius 2 is 2.00 bits per heavy atom. The third kappa shape index (κ3) is 6.93. The van der Waals surface area contributed by atoms with E-state index >= 15 is 0 Å². The van der Waals surface area contributed by atoms with Gasteiger partial charge >= 0.3 is 0 Å². The minimum Gasteiger partial charge on any atom is -0.370 e. The molecule has 31 heavy (non-hydrogen) atoms. The molecule has 1 fully saturated rings. The van der Waals surface area contributed by atoms with Crippen LogP contribution in [-0.2, 0) is 19.1 Å². The molecule has 11 heteroatoms. The van der Waals surface area contributed by atoms with E-state index in [0.29, 0.717) is 6.61 Å². The fourth-order valence-corrected chi connectivity index (χ4v) is 3.29. The Labute approximate surface area is 178 Å². The Kier molecular flexibility index (Phi) is 8.02. The maximum atomic E-state index is 14.6. The summed E-state index contributed by atoms with van der Waals surface area (Å²) in [6, 6.07) is 2.00. The van der Waals surface area contributed by atoms with Crippen LogP contribution < -0.4 is 16.0 Å². The molecule has 3 N–H and O–H groups in total. The Balaban J connectivity index is 2.23. The zero-order valence-electron chi connectivity index (χ0n) is 17.7. The zero-order valence-corrected chi connectivity index (χ0v) is 17.7. The number of nitrogens with two attached hydrogens (primary N) is 1. The second kappa shape index (κ2) is 10.1. The van der Waals surface area contributed by atoms with Crippen molar-refractivity contribution in [3.63, 3.8) is 0 Å². The number of morpholine rings is 1. The van der Waals surface area contributed by atoms with Crippen molar-refractivity contribution in [3.8, 4) is 0 Å². The van der Waals surface area contributed by atoms with Gasteiger partial charge in [0.15, 0.2) is 6.04 Å². The van der Waals surface area contributed by atoms with Crippen LogP contribution in [0.15, 0.2) is 18.2 Å². The van der Waals surface area contributed by atoms with Gasteiger partial charge in [-0.05, 0) is 23.6 Å². The van der Waals surface area contributed by atoms with Gasteiger partial charge in [-0.2, -0.15) is 0 Å². The summed E-state index contributed by atoms with van der Waals surface area (Å²) in [5.41, 5.74) is 4.82. The highest BCUT2D eigenvalue weighted by Gasteiger charge is 2.35. The monoisotopic (exact) mass is 444 g/mol. The fraction of sp³-hybridized carbons (Fsp3) is 0.550. The molecule has 2 rings (SSSR count). The number of ether oxygens (including phenoxy) is 1. The molecule has 0 aliphatic carbocycles. The molecular weight excluding hydrogens is 417 g/mol. The Morgan fingerprint density at radius 3 is 2.52 bits per heavy atom. The number of primary amides is 1. The summed E-state index contributed by atoms with van der Waals surface area (Å²) in [7, 11) is 0. The van der Waals surface area contributed by atoms with Crippen LogP contribution in [0.1, 0.15) is 20.8 Å². The molecule has 1 aliphatic rings. The Morgan fingerprint density at radius 1 is 1.32 bits per heavy atom. The first-order valence-corrected chi connectivity index (χ1v) is 9.69. The number of halogens is 3. The van der Waals surface area contributed by atoms with Crippen molar-refractivity contribution in [3.05, 3.63) is 24.0 Å². The molecular formula is C20H27F3N4O4. The molecule has 3 amide bonds. The van der Waals surface area contributed by atoms with Crippen molar-refractivity contribution in [1.82, 2.24) is 4.90 Å². The van der Waals surface area contributed by atoms with Crippen LogP contribution in [0.5, 0.6) is 0 Å². The maximum absolute atomic E-state index is 14.6. The fourth-order valence-electron chi connectivity index (χ4n) is 3.29. The molecule has 1 heterocycles. The summed E-state index contributed by atoms with van der Waals surface area (Å²) in [5, 5.41) is 2.24. The Bertz CT molecular complexity index is 829.